The minimum atomic E-state index is -1.33. The van der Waals surface area contributed by atoms with Crippen molar-refractivity contribution >= 4 is 46.4 Å². The van der Waals surface area contributed by atoms with Crippen molar-refractivity contribution < 1.29 is 24.5 Å². The molecule has 4 aromatic heterocycles. The van der Waals surface area contributed by atoms with Crippen molar-refractivity contribution in [3.8, 4) is 50.6 Å². The number of benzene rings is 6. The molecule has 7 heteroatoms. The molecule has 0 N–H and O–H groups in total. The quantitative estimate of drug-likeness (QED) is 0.118. The molecule has 10 rings (SSSR count). The third-order valence-corrected chi connectivity index (χ3v) is 14.0. The van der Waals surface area contributed by atoms with Gasteiger partial charge in [0.1, 0.15) is 0 Å². The van der Waals surface area contributed by atoms with Gasteiger partial charge in [-0.3, -0.25) is 4.98 Å². The van der Waals surface area contributed by atoms with E-state index in [1.165, 1.54) is 44.3 Å². The second-order valence-electron chi connectivity index (χ2n) is 19.1. The number of pyridine rings is 2. The van der Waals surface area contributed by atoms with Crippen LogP contribution in [0.5, 0.6) is 0 Å². The molecule has 0 aliphatic rings. The molecule has 4 heterocycles. The van der Waals surface area contributed by atoms with Crippen LogP contribution in [0.15, 0.2) is 162 Å². The molecule has 65 heavy (non-hydrogen) atoms. The molecule has 0 spiro atoms. The molecule has 0 saturated carbocycles. The molecule has 10 aromatic rings. The van der Waals surface area contributed by atoms with Crippen LogP contribution >= 0.6 is 0 Å². The third kappa shape index (κ3) is 9.33. The van der Waals surface area contributed by atoms with Gasteiger partial charge in [0.2, 0.25) is 5.71 Å². The van der Waals surface area contributed by atoms with Crippen molar-refractivity contribution in [2.24, 2.45) is 0 Å². The third-order valence-electron chi connectivity index (χ3n) is 12.0. The molecule has 0 unspecified atom stereocenters. The summed E-state index contributed by atoms with van der Waals surface area (Å²) in [7, 11) is -1.33. The minimum Gasteiger partial charge on any atom is -0.486 e. The first-order chi connectivity index (χ1) is 30.7. The van der Waals surface area contributed by atoms with Crippen LogP contribution in [0.25, 0.3) is 83.7 Å². The SMILES string of the molecule is CC(C)c1cc(-c2ccccc2)cc(-c2ccccc2)c1-n1c(-c2[c-]ccc(C(C)(C)C)c2)nc2ccccc21.Cc1ccc2c(n1)oc1c[c-]c(-c3ccc([Si](C)(C)C)cn3)cc12.[Ir]. The van der Waals surface area contributed by atoms with Gasteiger partial charge >= 0.3 is 0 Å². The topological polar surface area (TPSA) is 56.7 Å². The van der Waals surface area contributed by atoms with Crippen LogP contribution in [0.1, 0.15) is 57.4 Å². The van der Waals surface area contributed by atoms with E-state index in [-0.39, 0.29) is 25.5 Å². The van der Waals surface area contributed by atoms with Crippen LogP contribution in [-0.4, -0.2) is 27.6 Å². The van der Waals surface area contributed by atoms with Crippen molar-refractivity contribution in [1.29, 1.82) is 0 Å². The monoisotopic (exact) mass is 1040 g/mol. The fraction of sp³-hybridized carbons (Fsp3) is 0.190. The van der Waals surface area contributed by atoms with E-state index in [1.807, 2.05) is 31.3 Å². The first-order valence-electron chi connectivity index (χ1n) is 22.2. The van der Waals surface area contributed by atoms with Gasteiger partial charge in [-0.2, -0.15) is 0 Å². The molecule has 0 atom stereocenters. The molecule has 0 aliphatic heterocycles. The fourth-order valence-electron chi connectivity index (χ4n) is 8.31. The average molecular weight is 1040 g/mol. The number of aryl methyl sites for hydroxylation is 1. The van der Waals surface area contributed by atoms with Gasteiger partial charge in [-0.05, 0) is 87.8 Å². The summed E-state index contributed by atoms with van der Waals surface area (Å²) in [6.07, 6.45) is 2.01. The van der Waals surface area contributed by atoms with Gasteiger partial charge in [0.05, 0.1) is 30.5 Å². The number of aromatic nitrogens is 4. The zero-order valence-corrected chi connectivity index (χ0v) is 42.0. The van der Waals surface area contributed by atoms with E-state index in [0.29, 0.717) is 11.6 Å². The van der Waals surface area contributed by atoms with Crippen LogP contribution in [0.4, 0.5) is 0 Å². The molecule has 6 aromatic carbocycles. The van der Waals surface area contributed by atoms with Crippen molar-refractivity contribution in [2.75, 3.05) is 0 Å². The Labute approximate surface area is 398 Å². The molecule has 0 saturated heterocycles. The van der Waals surface area contributed by atoms with Crippen LogP contribution in [0.3, 0.4) is 0 Å². The Kier molecular flexibility index (Phi) is 12.8. The first-order valence-corrected chi connectivity index (χ1v) is 25.7. The summed E-state index contributed by atoms with van der Waals surface area (Å²) in [5.74, 6) is 1.21. The van der Waals surface area contributed by atoms with Crippen molar-refractivity contribution in [3.05, 3.63) is 187 Å². The summed E-state index contributed by atoms with van der Waals surface area (Å²) in [6, 6.07) is 60.2. The predicted octanol–water partition coefficient (Wildman–Crippen LogP) is 14.9. The molecule has 5 nitrogen and oxygen atoms in total. The Morgan fingerprint density at radius 2 is 1.38 bits per heavy atom. The van der Waals surface area contributed by atoms with E-state index >= 15 is 0 Å². The summed E-state index contributed by atoms with van der Waals surface area (Å²) in [5.41, 5.74) is 16.0. The number of hydrogen-bond acceptors (Lipinski definition) is 4. The summed E-state index contributed by atoms with van der Waals surface area (Å²) in [5, 5.41) is 3.45. The smallest absolute Gasteiger partial charge is 0.216 e. The van der Waals surface area contributed by atoms with E-state index in [0.717, 1.165) is 55.7 Å². The van der Waals surface area contributed by atoms with Gasteiger partial charge in [-0.1, -0.05) is 145 Å². The number of furan rings is 1. The number of hydrogen-bond donors (Lipinski definition) is 0. The zero-order chi connectivity index (χ0) is 44.8. The average Bonchev–Trinajstić information content (AvgIpc) is 3.86. The van der Waals surface area contributed by atoms with Crippen LogP contribution in [0.2, 0.25) is 19.6 Å². The van der Waals surface area contributed by atoms with Gasteiger partial charge in [0.25, 0.3) is 0 Å². The largest absolute Gasteiger partial charge is 0.486 e. The zero-order valence-electron chi connectivity index (χ0n) is 38.6. The van der Waals surface area contributed by atoms with Gasteiger partial charge in [-0.25, -0.2) is 4.98 Å². The molecule has 327 valence electrons. The van der Waals surface area contributed by atoms with Crippen molar-refractivity contribution in [1.82, 2.24) is 19.5 Å². The number of rotatable bonds is 7. The van der Waals surface area contributed by atoms with Crippen LogP contribution in [-0.2, 0) is 25.5 Å². The summed E-state index contributed by atoms with van der Waals surface area (Å²) in [4.78, 5) is 14.4. The van der Waals surface area contributed by atoms with Crippen molar-refractivity contribution in [2.45, 2.75) is 72.5 Å². The van der Waals surface area contributed by atoms with E-state index in [9.17, 15) is 0 Å². The maximum Gasteiger partial charge on any atom is 0.216 e. The van der Waals surface area contributed by atoms with E-state index in [4.69, 9.17) is 9.40 Å². The van der Waals surface area contributed by atoms with Gasteiger partial charge in [0, 0.05) is 48.6 Å². The van der Waals surface area contributed by atoms with Gasteiger partial charge < -0.3 is 14.0 Å². The summed E-state index contributed by atoms with van der Waals surface area (Å²) >= 11 is 0. The second kappa shape index (κ2) is 18.3. The Balaban J connectivity index is 0.000000197. The second-order valence-corrected chi connectivity index (χ2v) is 24.1. The van der Waals surface area contributed by atoms with Crippen LogP contribution in [0, 0.1) is 19.1 Å². The van der Waals surface area contributed by atoms with Crippen molar-refractivity contribution in [3.63, 3.8) is 0 Å². The maximum absolute atomic E-state index is 5.83. The molecule has 1 radical (unpaired) electrons. The Morgan fingerprint density at radius 1 is 0.677 bits per heavy atom. The number of nitrogens with zero attached hydrogens (tertiary/aromatic N) is 4. The standard InChI is InChI=1S/C38H35N2.C20H19N2OSi.Ir/c1-26(2)32-24-30(27-15-8-6-9-16-27)25-33(28-17-10-7-11-18-28)36(32)40-35-22-13-12-21-34(35)39-37(40)29-19-14-20-31(23-29)38(3,4)5;1-13-5-8-16-17-11-14(6-10-19(17)23-20(16)22-13)18-9-7-15(12-21-18)24(2,3)4;/h6-18,20-26H,1-5H3;5,7-12H,1-4H3;/q2*-1;. The predicted molar refractivity (Wildman–Crippen MR) is 270 cm³/mol. The van der Waals surface area contributed by atoms with E-state index in [1.54, 1.807) is 0 Å². The molecule has 0 aliphatic carbocycles. The fourth-order valence-corrected chi connectivity index (χ4v) is 9.35. The normalized spacial score (nSPS) is 11.8. The summed E-state index contributed by atoms with van der Waals surface area (Å²) < 4.78 is 8.21. The first kappa shape index (κ1) is 45.3. The molecule has 0 fully saturated rings. The van der Waals surface area contributed by atoms with E-state index < -0.39 is 8.07 Å². The Hall–Kier alpha value is -6.24. The number of fused-ring (bicyclic) bond motifs is 4. The van der Waals surface area contributed by atoms with E-state index in [2.05, 4.69) is 214 Å². The van der Waals surface area contributed by atoms with Crippen LogP contribution < -0.4 is 5.19 Å². The molecular formula is C58H54IrN4OSi-2. The molecular weight excluding hydrogens is 989 g/mol. The molecule has 0 amide bonds. The Bertz CT molecular complexity index is 3270. The maximum atomic E-state index is 5.83. The molecule has 0 bridgehead atoms. The summed E-state index contributed by atoms with van der Waals surface area (Å²) in [6.45, 7) is 20.3. The Morgan fingerprint density at radius 3 is 2.06 bits per heavy atom. The van der Waals surface area contributed by atoms with Gasteiger partial charge in [0.15, 0.2) is 0 Å². The number of para-hydroxylation sites is 2. The van der Waals surface area contributed by atoms with Gasteiger partial charge in [-0.15, -0.1) is 59.2 Å². The number of imidazole rings is 1. The minimum absolute atomic E-state index is 0.